The number of anilines is 1. The van der Waals surface area contributed by atoms with Crippen LogP contribution in [0.15, 0.2) is 63.7 Å². The summed E-state index contributed by atoms with van der Waals surface area (Å²) in [4.78, 5) is 12.4. The number of ether oxygens (including phenoxy) is 1. The van der Waals surface area contributed by atoms with E-state index in [9.17, 15) is 4.79 Å². The normalized spacial score (nSPS) is 11.6. The van der Waals surface area contributed by atoms with Crippen molar-refractivity contribution in [1.82, 2.24) is 5.16 Å². The minimum absolute atomic E-state index is 0.257. The first-order valence-corrected chi connectivity index (χ1v) is 9.50. The van der Waals surface area contributed by atoms with E-state index in [-0.39, 0.29) is 5.76 Å². The molecular formula is C24H20N2O4. The number of hydrogen-bond donors (Lipinski definition) is 1. The summed E-state index contributed by atoms with van der Waals surface area (Å²) in [7, 11) is 0. The molecule has 1 unspecified atom stereocenters. The highest BCUT2D eigenvalue weighted by molar-refractivity contribution is 5.87. The molecule has 0 aliphatic heterocycles. The van der Waals surface area contributed by atoms with Crippen LogP contribution in [0.4, 0.5) is 10.5 Å². The van der Waals surface area contributed by atoms with Gasteiger partial charge in [-0.15, -0.1) is 0 Å². The maximum atomic E-state index is 12.4. The Morgan fingerprint density at radius 1 is 1.13 bits per heavy atom. The molecule has 4 aromatic rings. The van der Waals surface area contributed by atoms with E-state index in [0.717, 1.165) is 27.7 Å². The first-order valence-electron chi connectivity index (χ1n) is 9.50. The van der Waals surface area contributed by atoms with E-state index in [1.807, 2.05) is 62.4 Å². The Bertz CT molecular complexity index is 1260. The van der Waals surface area contributed by atoms with Crippen LogP contribution in [0, 0.1) is 25.7 Å². The predicted molar refractivity (Wildman–Crippen MR) is 113 cm³/mol. The molecule has 4 rings (SSSR count). The van der Waals surface area contributed by atoms with Gasteiger partial charge in [-0.1, -0.05) is 41.4 Å². The summed E-state index contributed by atoms with van der Waals surface area (Å²) in [6, 6.07) is 15.2. The number of hydrogen-bond acceptors (Lipinski definition) is 5. The van der Waals surface area contributed by atoms with Crippen LogP contribution in [0.2, 0.25) is 0 Å². The summed E-state index contributed by atoms with van der Waals surface area (Å²) < 4.78 is 16.3. The molecule has 1 atom stereocenters. The van der Waals surface area contributed by atoms with Gasteiger partial charge in [-0.25, -0.2) is 4.79 Å². The number of amides is 1. The molecule has 2 aromatic heterocycles. The predicted octanol–water partition coefficient (Wildman–Crippen LogP) is 5.75. The van der Waals surface area contributed by atoms with E-state index in [1.165, 1.54) is 0 Å². The fourth-order valence-electron chi connectivity index (χ4n) is 3.05. The lowest BCUT2D eigenvalue weighted by molar-refractivity contribution is 0.121. The van der Waals surface area contributed by atoms with Crippen molar-refractivity contribution in [3.05, 3.63) is 82.9 Å². The minimum Gasteiger partial charge on any atom is -0.464 e. The van der Waals surface area contributed by atoms with Crippen LogP contribution in [0.1, 0.15) is 41.2 Å². The third-order valence-corrected chi connectivity index (χ3v) is 4.73. The van der Waals surface area contributed by atoms with Gasteiger partial charge < -0.3 is 13.7 Å². The third-order valence-electron chi connectivity index (χ3n) is 4.73. The zero-order valence-electron chi connectivity index (χ0n) is 16.9. The zero-order valence-corrected chi connectivity index (χ0v) is 16.9. The molecule has 1 N–H and O–H groups in total. The van der Waals surface area contributed by atoms with Gasteiger partial charge in [0.15, 0.2) is 0 Å². The Morgan fingerprint density at radius 3 is 2.73 bits per heavy atom. The Labute approximate surface area is 173 Å². The van der Waals surface area contributed by atoms with Gasteiger partial charge in [-0.2, -0.15) is 0 Å². The van der Waals surface area contributed by atoms with Crippen molar-refractivity contribution in [2.24, 2.45) is 0 Å². The molecule has 1 amide bonds. The average Bonchev–Trinajstić information content (AvgIpc) is 3.29. The molecule has 6 nitrogen and oxygen atoms in total. The smallest absolute Gasteiger partial charge is 0.412 e. The highest BCUT2D eigenvalue weighted by atomic mass is 16.6. The lowest BCUT2D eigenvalue weighted by Gasteiger charge is -2.13. The number of furan rings is 1. The molecule has 0 saturated heterocycles. The van der Waals surface area contributed by atoms with Gasteiger partial charge >= 0.3 is 6.09 Å². The molecule has 2 aromatic carbocycles. The molecule has 150 valence electrons. The van der Waals surface area contributed by atoms with Gasteiger partial charge in [0.2, 0.25) is 5.76 Å². The SMILES string of the molecule is Cc1noc(C#Cc2ccc3c(C)coc3c2)c1NC(=O)OC(C)c1ccccc1. The number of nitrogens with zero attached hydrogens (tertiary/aromatic N) is 1. The van der Waals surface area contributed by atoms with Crippen molar-refractivity contribution in [1.29, 1.82) is 0 Å². The summed E-state index contributed by atoms with van der Waals surface area (Å²) in [5, 5.41) is 7.65. The molecule has 0 radical (unpaired) electrons. The number of aryl methyl sites for hydroxylation is 2. The molecule has 0 bridgehead atoms. The summed E-state index contributed by atoms with van der Waals surface area (Å²) in [5.74, 6) is 6.20. The highest BCUT2D eigenvalue weighted by Crippen LogP contribution is 2.23. The Kier molecular flexibility index (Phi) is 5.27. The fraction of sp³-hybridized carbons (Fsp3) is 0.167. The lowest BCUT2D eigenvalue weighted by Crippen LogP contribution is -2.16. The molecule has 0 saturated carbocycles. The van der Waals surface area contributed by atoms with Gasteiger partial charge in [0.05, 0.1) is 6.26 Å². The molecule has 30 heavy (non-hydrogen) atoms. The lowest BCUT2D eigenvalue weighted by atomic mass is 10.1. The monoisotopic (exact) mass is 400 g/mol. The van der Waals surface area contributed by atoms with Crippen LogP contribution in [0.3, 0.4) is 0 Å². The number of fused-ring (bicyclic) bond motifs is 1. The van der Waals surface area contributed by atoms with Crippen LogP contribution >= 0.6 is 0 Å². The number of benzene rings is 2. The number of rotatable bonds is 3. The molecule has 0 fully saturated rings. The highest BCUT2D eigenvalue weighted by Gasteiger charge is 2.17. The van der Waals surface area contributed by atoms with Crippen LogP contribution in [0.5, 0.6) is 0 Å². The molecule has 0 aliphatic carbocycles. The van der Waals surface area contributed by atoms with Crippen molar-refractivity contribution in [3.63, 3.8) is 0 Å². The average molecular weight is 400 g/mol. The van der Waals surface area contributed by atoms with E-state index >= 15 is 0 Å². The summed E-state index contributed by atoms with van der Waals surface area (Å²) in [6.07, 6.45) is 0.712. The van der Waals surface area contributed by atoms with Gasteiger partial charge in [-0.05, 0) is 56.0 Å². The first kappa shape index (κ1) is 19.3. The molecular weight excluding hydrogens is 380 g/mol. The zero-order chi connectivity index (χ0) is 21.1. The second-order valence-corrected chi connectivity index (χ2v) is 6.93. The van der Waals surface area contributed by atoms with Crippen molar-refractivity contribution >= 4 is 22.7 Å². The van der Waals surface area contributed by atoms with Gasteiger partial charge in [0.25, 0.3) is 0 Å². The summed E-state index contributed by atoms with van der Waals surface area (Å²) >= 11 is 0. The van der Waals surface area contributed by atoms with Crippen LogP contribution in [0.25, 0.3) is 11.0 Å². The van der Waals surface area contributed by atoms with Crippen molar-refractivity contribution < 1.29 is 18.5 Å². The Morgan fingerprint density at radius 2 is 1.93 bits per heavy atom. The maximum absolute atomic E-state index is 12.4. The fourth-order valence-corrected chi connectivity index (χ4v) is 3.05. The Hall–Kier alpha value is -3.98. The van der Waals surface area contributed by atoms with Crippen LogP contribution < -0.4 is 5.32 Å². The van der Waals surface area contributed by atoms with Crippen molar-refractivity contribution in [2.75, 3.05) is 5.32 Å². The van der Waals surface area contributed by atoms with Crippen LogP contribution in [-0.2, 0) is 4.74 Å². The van der Waals surface area contributed by atoms with Gasteiger partial charge in [0.1, 0.15) is 23.1 Å². The summed E-state index contributed by atoms with van der Waals surface area (Å²) in [6.45, 7) is 5.52. The quantitative estimate of drug-likeness (QED) is 0.443. The van der Waals surface area contributed by atoms with E-state index in [4.69, 9.17) is 13.7 Å². The van der Waals surface area contributed by atoms with Crippen molar-refractivity contribution in [2.45, 2.75) is 26.9 Å². The first-order chi connectivity index (χ1) is 14.5. The van der Waals surface area contributed by atoms with Gasteiger partial charge in [-0.3, -0.25) is 5.32 Å². The second kappa shape index (κ2) is 8.18. The van der Waals surface area contributed by atoms with E-state index in [0.29, 0.717) is 11.4 Å². The topological polar surface area (TPSA) is 77.5 Å². The van der Waals surface area contributed by atoms with E-state index in [2.05, 4.69) is 22.3 Å². The molecule has 0 aliphatic rings. The molecule has 2 heterocycles. The van der Waals surface area contributed by atoms with E-state index in [1.54, 1.807) is 13.2 Å². The van der Waals surface area contributed by atoms with Crippen molar-refractivity contribution in [3.8, 4) is 11.8 Å². The second-order valence-electron chi connectivity index (χ2n) is 6.93. The van der Waals surface area contributed by atoms with E-state index < -0.39 is 12.2 Å². The summed E-state index contributed by atoms with van der Waals surface area (Å²) in [5.41, 5.74) is 4.41. The standard InChI is InChI=1S/C24H20N2O4/c1-15-14-28-22-13-18(9-11-20(15)22)10-12-21-23(16(2)26-30-21)25-24(27)29-17(3)19-7-5-4-6-8-19/h4-9,11,13-14,17H,1-3H3,(H,25,27). The maximum Gasteiger partial charge on any atom is 0.412 e. The Balaban J connectivity index is 1.50. The van der Waals surface area contributed by atoms with Crippen LogP contribution in [-0.4, -0.2) is 11.2 Å². The number of carbonyl (C=O) groups is 1. The number of nitrogens with one attached hydrogen (secondary N) is 1. The van der Waals surface area contributed by atoms with Gasteiger partial charge in [0, 0.05) is 10.9 Å². The molecule has 6 heteroatoms. The minimum atomic E-state index is -0.604. The number of aromatic nitrogens is 1. The molecule has 0 spiro atoms. The largest absolute Gasteiger partial charge is 0.464 e. The number of carbonyl (C=O) groups excluding carboxylic acids is 1. The third kappa shape index (κ3) is 4.06.